The lowest BCUT2D eigenvalue weighted by Crippen LogP contribution is -2.41. The predicted octanol–water partition coefficient (Wildman–Crippen LogP) is 4.17. The molecule has 1 aromatic heterocycles. The Labute approximate surface area is 195 Å². The van der Waals surface area contributed by atoms with Gasteiger partial charge in [-0.3, -0.25) is 14.7 Å². The molecule has 0 radical (unpaired) electrons. The highest BCUT2D eigenvalue weighted by Gasteiger charge is 2.43. The van der Waals surface area contributed by atoms with Gasteiger partial charge in [0.2, 0.25) is 5.91 Å². The van der Waals surface area contributed by atoms with E-state index in [9.17, 15) is 4.79 Å². The van der Waals surface area contributed by atoms with Crippen molar-refractivity contribution in [1.29, 1.82) is 0 Å². The van der Waals surface area contributed by atoms with Crippen molar-refractivity contribution in [3.8, 4) is 16.9 Å². The molecule has 2 aromatic carbocycles. The van der Waals surface area contributed by atoms with E-state index in [2.05, 4.69) is 46.3 Å². The Kier molecular flexibility index (Phi) is 5.90. The number of nitrogens with two attached hydrogens (primary N) is 1. The van der Waals surface area contributed by atoms with Gasteiger partial charge in [0.1, 0.15) is 5.75 Å². The van der Waals surface area contributed by atoms with Crippen LogP contribution in [0.1, 0.15) is 35.1 Å². The van der Waals surface area contributed by atoms with Crippen molar-refractivity contribution in [2.24, 2.45) is 11.1 Å². The van der Waals surface area contributed by atoms with Gasteiger partial charge in [0.05, 0.1) is 12.5 Å². The number of hydrogen-bond acceptors (Lipinski definition) is 4. The lowest BCUT2D eigenvalue weighted by atomic mass is 9.79. The minimum Gasteiger partial charge on any atom is -0.496 e. The summed E-state index contributed by atoms with van der Waals surface area (Å²) < 4.78 is 5.71. The van der Waals surface area contributed by atoms with Gasteiger partial charge in [-0.05, 0) is 84.7 Å². The summed E-state index contributed by atoms with van der Waals surface area (Å²) in [6.07, 6.45) is 8.53. The molecule has 1 aliphatic carbocycles. The smallest absolute Gasteiger partial charge is 0.225 e. The number of benzene rings is 2. The number of aryl methyl sites for hydroxylation is 2. The highest BCUT2D eigenvalue weighted by atomic mass is 16.5. The first kappa shape index (κ1) is 21.7. The normalized spacial score (nSPS) is 20.0. The van der Waals surface area contributed by atoms with Crippen LogP contribution in [0.2, 0.25) is 0 Å². The molecular formula is C28H31N3O2. The molecular weight excluding hydrogens is 410 g/mol. The zero-order valence-electron chi connectivity index (χ0n) is 19.2. The predicted molar refractivity (Wildman–Crippen MR) is 130 cm³/mol. The minimum absolute atomic E-state index is 0.208. The molecule has 1 atom stereocenters. The van der Waals surface area contributed by atoms with Gasteiger partial charge in [0.15, 0.2) is 0 Å². The molecule has 1 unspecified atom stereocenters. The summed E-state index contributed by atoms with van der Waals surface area (Å²) in [5, 5.41) is 0. The van der Waals surface area contributed by atoms with E-state index < -0.39 is 5.41 Å². The molecule has 33 heavy (non-hydrogen) atoms. The molecule has 0 bridgehead atoms. The first-order valence-corrected chi connectivity index (χ1v) is 11.8. The quantitative estimate of drug-likeness (QED) is 0.598. The van der Waals surface area contributed by atoms with Crippen molar-refractivity contribution in [3.05, 3.63) is 83.2 Å². The van der Waals surface area contributed by atoms with Gasteiger partial charge in [-0.2, -0.15) is 0 Å². The molecule has 2 N–H and O–H groups in total. The van der Waals surface area contributed by atoms with Crippen LogP contribution in [0.15, 0.2) is 60.9 Å². The molecule has 1 aliphatic heterocycles. The number of nitrogens with zero attached hydrogens (tertiary/aromatic N) is 2. The van der Waals surface area contributed by atoms with Crippen LogP contribution in [-0.2, 0) is 30.6 Å². The molecule has 1 saturated heterocycles. The zero-order chi connectivity index (χ0) is 22.8. The van der Waals surface area contributed by atoms with Crippen molar-refractivity contribution in [2.75, 3.05) is 20.2 Å². The van der Waals surface area contributed by atoms with Gasteiger partial charge in [-0.25, -0.2) is 0 Å². The minimum atomic E-state index is -0.555. The largest absolute Gasteiger partial charge is 0.496 e. The Bertz CT molecular complexity index is 1160. The lowest BCUT2D eigenvalue weighted by Gasteiger charge is -2.27. The van der Waals surface area contributed by atoms with E-state index in [-0.39, 0.29) is 5.91 Å². The fraction of sp³-hybridized carbons (Fsp3) is 0.357. The molecule has 2 heterocycles. The van der Waals surface area contributed by atoms with Crippen LogP contribution in [0.25, 0.3) is 11.1 Å². The number of amides is 1. The maximum absolute atomic E-state index is 12.7. The molecule has 5 nitrogen and oxygen atoms in total. The molecule has 1 amide bonds. The Morgan fingerprint density at radius 3 is 2.64 bits per heavy atom. The van der Waals surface area contributed by atoms with E-state index in [1.807, 2.05) is 12.1 Å². The van der Waals surface area contributed by atoms with Crippen molar-refractivity contribution < 1.29 is 9.53 Å². The van der Waals surface area contributed by atoms with Gasteiger partial charge >= 0.3 is 0 Å². The van der Waals surface area contributed by atoms with E-state index in [0.29, 0.717) is 13.0 Å². The van der Waals surface area contributed by atoms with Gasteiger partial charge in [0.25, 0.3) is 0 Å². The van der Waals surface area contributed by atoms with E-state index in [1.54, 1.807) is 19.5 Å². The molecule has 0 saturated carbocycles. The average Bonchev–Trinajstić information content (AvgIpc) is 3.46. The number of carbonyl (C=O) groups is 1. The number of primary amides is 1. The van der Waals surface area contributed by atoms with E-state index in [4.69, 9.17) is 10.5 Å². The lowest BCUT2D eigenvalue weighted by molar-refractivity contribution is -0.127. The number of ether oxygens (including phenoxy) is 1. The topological polar surface area (TPSA) is 68.4 Å². The Hall–Kier alpha value is -3.18. The molecule has 170 valence electrons. The van der Waals surface area contributed by atoms with Gasteiger partial charge in [0, 0.05) is 31.0 Å². The Morgan fingerprint density at radius 1 is 1.09 bits per heavy atom. The molecule has 1 fully saturated rings. The molecule has 3 aromatic rings. The molecule has 0 spiro atoms. The third-order valence-electron chi connectivity index (χ3n) is 7.33. The number of likely N-dealkylation sites (tertiary alicyclic amines) is 1. The van der Waals surface area contributed by atoms with Crippen LogP contribution in [0.5, 0.6) is 5.75 Å². The molecule has 2 aliphatic rings. The number of fused-ring (bicyclic) bond motifs is 1. The summed E-state index contributed by atoms with van der Waals surface area (Å²) in [6.45, 7) is 2.30. The first-order valence-electron chi connectivity index (χ1n) is 11.8. The first-order chi connectivity index (χ1) is 16.1. The zero-order valence-corrected chi connectivity index (χ0v) is 19.2. The van der Waals surface area contributed by atoms with Crippen LogP contribution < -0.4 is 10.5 Å². The highest BCUT2D eigenvalue weighted by Crippen LogP contribution is 2.37. The number of rotatable bonds is 7. The fourth-order valence-corrected chi connectivity index (χ4v) is 5.53. The van der Waals surface area contributed by atoms with Gasteiger partial charge in [-0.15, -0.1) is 0 Å². The molecule has 5 heteroatoms. The van der Waals surface area contributed by atoms with E-state index >= 15 is 0 Å². The maximum Gasteiger partial charge on any atom is 0.225 e. The summed E-state index contributed by atoms with van der Waals surface area (Å²) in [6, 6.07) is 16.9. The van der Waals surface area contributed by atoms with Crippen LogP contribution in [-0.4, -0.2) is 36.0 Å². The summed E-state index contributed by atoms with van der Waals surface area (Å²) in [4.78, 5) is 19.2. The summed E-state index contributed by atoms with van der Waals surface area (Å²) >= 11 is 0. The van der Waals surface area contributed by atoms with Crippen LogP contribution in [0, 0.1) is 5.41 Å². The summed E-state index contributed by atoms with van der Waals surface area (Å²) in [5.74, 6) is 0.748. The second-order valence-corrected chi connectivity index (χ2v) is 9.50. The van der Waals surface area contributed by atoms with E-state index in [1.165, 1.54) is 23.1 Å². The number of aromatic nitrogens is 1. The average molecular weight is 442 g/mol. The van der Waals surface area contributed by atoms with Crippen molar-refractivity contribution in [3.63, 3.8) is 0 Å². The number of carbonyl (C=O) groups excluding carboxylic acids is 1. The van der Waals surface area contributed by atoms with E-state index in [0.717, 1.165) is 54.8 Å². The summed E-state index contributed by atoms with van der Waals surface area (Å²) in [7, 11) is 1.74. The van der Waals surface area contributed by atoms with Crippen molar-refractivity contribution in [1.82, 2.24) is 9.88 Å². The Balaban J connectivity index is 1.35. The second-order valence-electron chi connectivity index (χ2n) is 9.50. The van der Waals surface area contributed by atoms with Crippen LogP contribution in [0.3, 0.4) is 0 Å². The number of methoxy groups -OCH3 is 1. The number of hydrogen-bond donors (Lipinski definition) is 1. The highest BCUT2D eigenvalue weighted by molar-refractivity contribution is 5.82. The maximum atomic E-state index is 12.7. The monoisotopic (exact) mass is 441 g/mol. The molecule has 5 rings (SSSR count). The third kappa shape index (κ3) is 4.38. The Morgan fingerprint density at radius 2 is 1.88 bits per heavy atom. The summed E-state index contributed by atoms with van der Waals surface area (Å²) in [5.41, 5.74) is 12.9. The standard InChI is InChI=1S/C28H31N3O2/c1-33-26-16-24-7-3-6-23(24)15-25(26)18-31-13-10-28(19-31,27(29)32)17-20-4-2-5-22(14-20)21-8-11-30-12-9-21/h2,4-5,8-9,11-12,14-16H,3,6-7,10,13,17-19H2,1H3,(H2,29,32). The second kappa shape index (κ2) is 8.99. The third-order valence-corrected chi connectivity index (χ3v) is 7.33. The van der Waals surface area contributed by atoms with Gasteiger partial charge < -0.3 is 10.5 Å². The fourth-order valence-electron chi connectivity index (χ4n) is 5.53. The van der Waals surface area contributed by atoms with Crippen molar-refractivity contribution in [2.45, 2.75) is 38.6 Å². The van der Waals surface area contributed by atoms with Crippen molar-refractivity contribution >= 4 is 5.91 Å². The van der Waals surface area contributed by atoms with Crippen LogP contribution in [0.4, 0.5) is 0 Å². The van der Waals surface area contributed by atoms with Crippen LogP contribution >= 0.6 is 0 Å². The SMILES string of the molecule is COc1cc2c(cc1CN1CCC(Cc3cccc(-c4ccncc4)c3)(C(N)=O)C1)CCC2. The van der Waals surface area contributed by atoms with Gasteiger partial charge in [-0.1, -0.05) is 30.3 Å². The number of pyridine rings is 1.